The van der Waals surface area contributed by atoms with Gasteiger partial charge in [-0.05, 0) is 43.7 Å². The van der Waals surface area contributed by atoms with Crippen molar-refractivity contribution in [2.75, 3.05) is 11.1 Å². The number of carbonyl (C=O) groups excluding carboxylic acids is 1. The van der Waals surface area contributed by atoms with Crippen LogP contribution in [0, 0.1) is 6.92 Å². The van der Waals surface area contributed by atoms with Gasteiger partial charge in [-0.25, -0.2) is 4.98 Å². The summed E-state index contributed by atoms with van der Waals surface area (Å²) in [6.45, 7) is 2.18. The van der Waals surface area contributed by atoms with Gasteiger partial charge in [0, 0.05) is 10.9 Å². The minimum Gasteiger partial charge on any atom is -0.360 e. The summed E-state index contributed by atoms with van der Waals surface area (Å²) >= 11 is 2.89. The maximum Gasteiger partial charge on any atom is 0.263 e. The van der Waals surface area contributed by atoms with E-state index in [-0.39, 0.29) is 17.2 Å². The molecule has 0 unspecified atom stereocenters. The Hall–Kier alpha value is -2.91. The fourth-order valence-corrected chi connectivity index (χ4v) is 6.07. The quantitative estimate of drug-likeness (QED) is 0.334. The standard InChI is InChI=1S/C23H22N4O3S2/c1-14-11-18(26-30-14)24-19(28)13-31-23-25-21-20(16-9-5-6-10-17(16)32-21)22(29)27(23)12-15-7-3-2-4-8-15/h2-4,7-8,11H,5-6,9-10,12-13H2,1H3,(H,24,26,28). The van der Waals surface area contributed by atoms with Crippen molar-refractivity contribution in [1.82, 2.24) is 14.7 Å². The number of fused-ring (bicyclic) bond motifs is 3. The first-order valence-electron chi connectivity index (χ1n) is 10.5. The maximum atomic E-state index is 13.6. The molecule has 0 radical (unpaired) electrons. The van der Waals surface area contributed by atoms with Crippen molar-refractivity contribution in [3.8, 4) is 0 Å². The molecule has 0 bridgehead atoms. The average Bonchev–Trinajstić information content (AvgIpc) is 3.38. The van der Waals surface area contributed by atoms with Crippen LogP contribution in [0.5, 0.6) is 0 Å². The van der Waals surface area contributed by atoms with Gasteiger partial charge < -0.3 is 9.84 Å². The lowest BCUT2D eigenvalue weighted by Gasteiger charge is -2.13. The van der Waals surface area contributed by atoms with E-state index in [1.54, 1.807) is 28.9 Å². The summed E-state index contributed by atoms with van der Waals surface area (Å²) in [6, 6.07) is 11.5. The Morgan fingerprint density at radius 1 is 1.25 bits per heavy atom. The molecule has 1 aliphatic carbocycles. The highest BCUT2D eigenvalue weighted by atomic mass is 32.2. The lowest BCUT2D eigenvalue weighted by Crippen LogP contribution is -2.25. The Labute approximate surface area is 192 Å². The number of hydrogen-bond acceptors (Lipinski definition) is 7. The number of benzene rings is 1. The molecule has 1 N–H and O–H groups in total. The molecule has 0 saturated carbocycles. The molecular formula is C23H22N4O3S2. The van der Waals surface area contributed by atoms with Crippen molar-refractivity contribution in [2.24, 2.45) is 0 Å². The van der Waals surface area contributed by atoms with Crippen LogP contribution >= 0.6 is 23.1 Å². The van der Waals surface area contributed by atoms with Gasteiger partial charge in [-0.1, -0.05) is 47.3 Å². The summed E-state index contributed by atoms with van der Waals surface area (Å²) < 4.78 is 6.70. The maximum absolute atomic E-state index is 13.6. The van der Waals surface area contributed by atoms with Crippen molar-refractivity contribution in [2.45, 2.75) is 44.3 Å². The van der Waals surface area contributed by atoms with E-state index in [0.717, 1.165) is 41.5 Å². The molecule has 32 heavy (non-hydrogen) atoms. The van der Waals surface area contributed by atoms with Crippen LogP contribution in [0.4, 0.5) is 5.82 Å². The van der Waals surface area contributed by atoms with E-state index in [0.29, 0.717) is 23.3 Å². The molecule has 0 fully saturated rings. The van der Waals surface area contributed by atoms with Gasteiger partial charge in [-0.3, -0.25) is 14.2 Å². The van der Waals surface area contributed by atoms with Crippen molar-refractivity contribution >= 4 is 45.0 Å². The summed E-state index contributed by atoms with van der Waals surface area (Å²) in [5.74, 6) is 0.890. The third-order valence-corrected chi connectivity index (χ3v) is 7.61. The van der Waals surface area contributed by atoms with Gasteiger partial charge in [0.2, 0.25) is 5.91 Å². The van der Waals surface area contributed by atoms with Crippen LogP contribution < -0.4 is 10.9 Å². The van der Waals surface area contributed by atoms with Gasteiger partial charge in [0.25, 0.3) is 5.56 Å². The Bertz CT molecular complexity index is 1340. The van der Waals surface area contributed by atoms with E-state index in [2.05, 4.69) is 10.5 Å². The third kappa shape index (κ3) is 4.22. The second-order valence-electron chi connectivity index (χ2n) is 7.82. The smallest absolute Gasteiger partial charge is 0.263 e. The van der Waals surface area contributed by atoms with E-state index in [4.69, 9.17) is 9.51 Å². The molecule has 0 saturated heterocycles. The van der Waals surface area contributed by atoms with Crippen molar-refractivity contribution in [1.29, 1.82) is 0 Å². The minimum atomic E-state index is -0.227. The van der Waals surface area contributed by atoms with Gasteiger partial charge in [0.1, 0.15) is 10.6 Å². The molecule has 0 atom stereocenters. The minimum absolute atomic E-state index is 0.0201. The van der Waals surface area contributed by atoms with E-state index in [9.17, 15) is 9.59 Å². The Balaban J connectivity index is 1.48. The van der Waals surface area contributed by atoms with Gasteiger partial charge in [-0.2, -0.15) is 0 Å². The second-order valence-corrected chi connectivity index (χ2v) is 9.85. The molecule has 3 aromatic heterocycles. The largest absolute Gasteiger partial charge is 0.360 e. The van der Waals surface area contributed by atoms with Crippen LogP contribution in [-0.4, -0.2) is 26.4 Å². The van der Waals surface area contributed by atoms with Crippen LogP contribution in [0.25, 0.3) is 10.2 Å². The lowest BCUT2D eigenvalue weighted by atomic mass is 9.97. The topological polar surface area (TPSA) is 90.0 Å². The summed E-state index contributed by atoms with van der Waals surface area (Å²) in [5.41, 5.74) is 2.17. The fraction of sp³-hybridized carbons (Fsp3) is 0.304. The summed E-state index contributed by atoms with van der Waals surface area (Å²) in [4.78, 5) is 33.0. The SMILES string of the molecule is Cc1cc(NC(=O)CSc2nc3sc4c(c3c(=O)n2Cc2ccccc2)CCCC4)no1. The molecule has 5 rings (SSSR count). The molecule has 164 valence electrons. The van der Waals surface area contributed by atoms with E-state index in [1.165, 1.54) is 22.2 Å². The van der Waals surface area contributed by atoms with Crippen molar-refractivity contribution in [3.05, 3.63) is 68.5 Å². The number of hydrogen-bond donors (Lipinski definition) is 1. The zero-order chi connectivity index (χ0) is 22.1. The number of thiophene rings is 1. The molecule has 1 aliphatic rings. The average molecular weight is 467 g/mol. The second kappa shape index (κ2) is 8.91. The number of carbonyl (C=O) groups is 1. The predicted octanol–water partition coefficient (Wildman–Crippen LogP) is 4.41. The summed E-state index contributed by atoms with van der Waals surface area (Å²) in [5, 5.41) is 7.82. The number of aryl methyl sites for hydroxylation is 3. The highest BCUT2D eigenvalue weighted by Gasteiger charge is 2.23. The first-order valence-corrected chi connectivity index (χ1v) is 12.3. The number of rotatable bonds is 6. The van der Waals surface area contributed by atoms with Gasteiger partial charge in [0.15, 0.2) is 11.0 Å². The van der Waals surface area contributed by atoms with Crippen LogP contribution in [0.3, 0.4) is 0 Å². The molecule has 1 aromatic carbocycles. The monoisotopic (exact) mass is 466 g/mol. The lowest BCUT2D eigenvalue weighted by molar-refractivity contribution is -0.113. The number of aromatic nitrogens is 3. The van der Waals surface area contributed by atoms with E-state index >= 15 is 0 Å². The van der Waals surface area contributed by atoms with E-state index in [1.807, 2.05) is 30.3 Å². The number of amides is 1. The number of nitrogens with zero attached hydrogens (tertiary/aromatic N) is 3. The molecule has 0 spiro atoms. The van der Waals surface area contributed by atoms with Gasteiger partial charge in [0.05, 0.1) is 17.7 Å². The van der Waals surface area contributed by atoms with Crippen LogP contribution in [-0.2, 0) is 24.2 Å². The van der Waals surface area contributed by atoms with E-state index < -0.39 is 0 Å². The molecule has 7 nitrogen and oxygen atoms in total. The highest BCUT2D eigenvalue weighted by Crippen LogP contribution is 2.34. The molecule has 9 heteroatoms. The number of nitrogens with one attached hydrogen (secondary N) is 1. The van der Waals surface area contributed by atoms with Gasteiger partial charge in [-0.15, -0.1) is 11.3 Å². The van der Waals surface area contributed by atoms with Crippen LogP contribution in [0.1, 0.15) is 34.6 Å². The zero-order valence-electron chi connectivity index (χ0n) is 17.6. The summed E-state index contributed by atoms with van der Waals surface area (Å²) in [6.07, 6.45) is 4.20. The third-order valence-electron chi connectivity index (χ3n) is 5.45. The summed E-state index contributed by atoms with van der Waals surface area (Å²) in [7, 11) is 0. The first kappa shape index (κ1) is 21.0. The Morgan fingerprint density at radius 2 is 2.06 bits per heavy atom. The number of anilines is 1. The number of thioether (sulfide) groups is 1. The normalized spacial score (nSPS) is 13.3. The molecule has 1 amide bonds. The molecule has 0 aliphatic heterocycles. The van der Waals surface area contributed by atoms with Crippen LogP contribution in [0.2, 0.25) is 0 Å². The molecule has 4 aromatic rings. The van der Waals surface area contributed by atoms with Crippen molar-refractivity contribution in [3.63, 3.8) is 0 Å². The van der Waals surface area contributed by atoms with Crippen molar-refractivity contribution < 1.29 is 9.32 Å². The fourth-order valence-electron chi connectivity index (χ4n) is 3.97. The predicted molar refractivity (Wildman–Crippen MR) is 127 cm³/mol. The van der Waals surface area contributed by atoms with Crippen LogP contribution in [0.15, 0.2) is 50.9 Å². The Morgan fingerprint density at radius 3 is 2.84 bits per heavy atom. The first-order chi connectivity index (χ1) is 15.6. The zero-order valence-corrected chi connectivity index (χ0v) is 19.2. The Kier molecular flexibility index (Phi) is 5.84. The molecule has 3 heterocycles. The highest BCUT2D eigenvalue weighted by molar-refractivity contribution is 7.99. The van der Waals surface area contributed by atoms with Gasteiger partial charge >= 0.3 is 0 Å². The molecular weight excluding hydrogens is 444 g/mol.